The lowest BCUT2D eigenvalue weighted by atomic mass is 9.92. The summed E-state index contributed by atoms with van der Waals surface area (Å²) in [6, 6.07) is 25.1. The molecule has 0 amide bonds. The van der Waals surface area contributed by atoms with Crippen molar-refractivity contribution in [1.29, 1.82) is 0 Å². The number of nitrogens with one attached hydrogen (secondary N) is 2. The van der Waals surface area contributed by atoms with Crippen LogP contribution in [0.25, 0.3) is 54.7 Å². The molecule has 2 heterocycles. The fraction of sp³-hybridized carbons (Fsp3) is 0.0400. The van der Waals surface area contributed by atoms with Crippen LogP contribution in [0.2, 0.25) is 0 Å². The Morgan fingerprint density at radius 1 is 0.643 bits per heavy atom. The maximum absolute atomic E-state index is 6.42. The number of hydrogen-bond donors (Lipinski definition) is 3. The number of para-hydroxylation sites is 3. The summed E-state index contributed by atoms with van der Waals surface area (Å²) < 4.78 is 0. The minimum atomic E-state index is 0.796. The quantitative estimate of drug-likeness (QED) is 0.287. The second-order valence-corrected chi connectivity index (χ2v) is 7.43. The van der Waals surface area contributed by atoms with Crippen LogP contribution in [0.3, 0.4) is 0 Å². The van der Waals surface area contributed by atoms with Gasteiger partial charge in [-0.1, -0.05) is 54.6 Å². The number of aromatic amines is 2. The monoisotopic (exact) mass is 361 g/mol. The average Bonchev–Trinajstić information content (AvgIpc) is 3.28. The van der Waals surface area contributed by atoms with E-state index in [0.29, 0.717) is 0 Å². The van der Waals surface area contributed by atoms with E-state index in [-0.39, 0.29) is 0 Å². The highest BCUT2D eigenvalue weighted by Crippen LogP contribution is 2.44. The standard InChI is InChI=1S/C25H19N3/c1-14-21(15-8-2-5-11-18(15)26)24-23(17-10-4-7-13-20(17)28-24)25-22(14)16-9-3-6-12-19(16)27-25/h2-13,27-28H,26H2,1H3. The van der Waals surface area contributed by atoms with Gasteiger partial charge in [-0.05, 0) is 30.7 Å². The maximum Gasteiger partial charge on any atom is 0.0569 e. The zero-order chi connectivity index (χ0) is 18.8. The summed E-state index contributed by atoms with van der Waals surface area (Å²) in [5, 5.41) is 4.97. The minimum absolute atomic E-state index is 0.796. The molecule has 0 aliphatic carbocycles. The molecular formula is C25H19N3. The zero-order valence-electron chi connectivity index (χ0n) is 15.5. The van der Waals surface area contributed by atoms with Gasteiger partial charge in [0.05, 0.1) is 11.0 Å². The van der Waals surface area contributed by atoms with Gasteiger partial charge in [0, 0.05) is 49.4 Å². The zero-order valence-corrected chi connectivity index (χ0v) is 15.5. The molecule has 4 N–H and O–H groups in total. The lowest BCUT2D eigenvalue weighted by Gasteiger charge is -2.13. The first-order valence-electron chi connectivity index (χ1n) is 9.52. The van der Waals surface area contributed by atoms with E-state index >= 15 is 0 Å². The van der Waals surface area contributed by atoms with Crippen LogP contribution < -0.4 is 5.73 Å². The first-order chi connectivity index (χ1) is 13.7. The lowest BCUT2D eigenvalue weighted by Crippen LogP contribution is -1.93. The number of aromatic nitrogens is 2. The SMILES string of the molecule is Cc1c(-c2ccccc2N)c2[nH]c3ccccc3c2c2[nH]c3ccccc3c12. The summed E-state index contributed by atoms with van der Waals surface area (Å²) in [5.41, 5.74) is 15.3. The van der Waals surface area contributed by atoms with E-state index in [9.17, 15) is 0 Å². The molecule has 134 valence electrons. The molecule has 6 aromatic rings. The van der Waals surface area contributed by atoms with Crippen molar-refractivity contribution >= 4 is 49.3 Å². The number of H-pyrrole nitrogens is 2. The van der Waals surface area contributed by atoms with Crippen LogP contribution in [0, 0.1) is 6.92 Å². The van der Waals surface area contributed by atoms with Crippen LogP contribution in [0.1, 0.15) is 5.56 Å². The van der Waals surface area contributed by atoms with Gasteiger partial charge in [-0.25, -0.2) is 0 Å². The Hall–Kier alpha value is -3.72. The van der Waals surface area contributed by atoms with Gasteiger partial charge in [0.2, 0.25) is 0 Å². The molecule has 28 heavy (non-hydrogen) atoms. The van der Waals surface area contributed by atoms with E-state index in [1.54, 1.807) is 0 Å². The van der Waals surface area contributed by atoms with Crippen molar-refractivity contribution in [3.05, 3.63) is 78.4 Å². The molecule has 0 saturated carbocycles. The molecule has 0 atom stereocenters. The predicted octanol–water partition coefficient (Wildman–Crippen LogP) is 6.51. The smallest absolute Gasteiger partial charge is 0.0569 e. The summed E-state index contributed by atoms with van der Waals surface area (Å²) in [4.78, 5) is 7.36. The maximum atomic E-state index is 6.42. The van der Waals surface area contributed by atoms with Gasteiger partial charge >= 0.3 is 0 Å². The molecular weight excluding hydrogens is 342 g/mol. The molecule has 0 fully saturated rings. The second kappa shape index (κ2) is 5.40. The van der Waals surface area contributed by atoms with Gasteiger partial charge in [-0.2, -0.15) is 0 Å². The molecule has 3 nitrogen and oxygen atoms in total. The molecule has 4 aromatic carbocycles. The van der Waals surface area contributed by atoms with E-state index in [1.807, 2.05) is 12.1 Å². The number of anilines is 1. The van der Waals surface area contributed by atoms with Gasteiger partial charge in [0.25, 0.3) is 0 Å². The summed E-state index contributed by atoms with van der Waals surface area (Å²) in [5.74, 6) is 0. The van der Waals surface area contributed by atoms with Crippen molar-refractivity contribution in [3.63, 3.8) is 0 Å². The fourth-order valence-corrected chi connectivity index (χ4v) is 4.68. The van der Waals surface area contributed by atoms with E-state index in [4.69, 9.17) is 5.73 Å². The van der Waals surface area contributed by atoms with Gasteiger partial charge in [0.1, 0.15) is 0 Å². The van der Waals surface area contributed by atoms with Crippen LogP contribution in [0.15, 0.2) is 72.8 Å². The molecule has 0 spiro atoms. The van der Waals surface area contributed by atoms with Gasteiger partial charge in [-0.3, -0.25) is 0 Å². The molecule has 0 aliphatic rings. The highest BCUT2D eigenvalue weighted by Gasteiger charge is 2.21. The Kier molecular flexibility index (Phi) is 2.96. The number of aryl methyl sites for hydroxylation is 1. The number of nitrogens with two attached hydrogens (primary N) is 1. The summed E-state index contributed by atoms with van der Waals surface area (Å²) >= 11 is 0. The summed E-state index contributed by atoms with van der Waals surface area (Å²) in [6.07, 6.45) is 0. The third-order valence-electron chi connectivity index (χ3n) is 5.89. The van der Waals surface area contributed by atoms with Crippen LogP contribution in [0.5, 0.6) is 0 Å². The van der Waals surface area contributed by atoms with Crippen molar-refractivity contribution < 1.29 is 0 Å². The predicted molar refractivity (Wildman–Crippen MR) is 120 cm³/mol. The highest BCUT2D eigenvalue weighted by atomic mass is 14.8. The Balaban J connectivity index is 1.96. The molecule has 0 radical (unpaired) electrons. The molecule has 6 rings (SSSR count). The largest absolute Gasteiger partial charge is 0.398 e. The number of rotatable bonds is 1. The number of fused-ring (bicyclic) bond motifs is 7. The van der Waals surface area contributed by atoms with Crippen molar-refractivity contribution in [2.24, 2.45) is 0 Å². The average molecular weight is 361 g/mol. The second-order valence-electron chi connectivity index (χ2n) is 7.43. The van der Waals surface area contributed by atoms with Crippen LogP contribution in [0.4, 0.5) is 5.69 Å². The van der Waals surface area contributed by atoms with Crippen LogP contribution in [-0.4, -0.2) is 9.97 Å². The molecule has 2 aromatic heterocycles. The van der Waals surface area contributed by atoms with Crippen molar-refractivity contribution in [3.8, 4) is 11.1 Å². The molecule has 0 saturated heterocycles. The normalized spacial score (nSPS) is 11.9. The molecule has 0 aliphatic heterocycles. The van der Waals surface area contributed by atoms with Crippen molar-refractivity contribution in [2.45, 2.75) is 6.92 Å². The number of hydrogen-bond acceptors (Lipinski definition) is 1. The van der Waals surface area contributed by atoms with E-state index in [2.05, 4.69) is 77.6 Å². The lowest BCUT2D eigenvalue weighted by molar-refractivity contribution is 1.48. The number of benzene rings is 4. The number of nitrogen functional groups attached to an aromatic ring is 1. The minimum Gasteiger partial charge on any atom is -0.398 e. The van der Waals surface area contributed by atoms with Crippen molar-refractivity contribution in [1.82, 2.24) is 9.97 Å². The Morgan fingerprint density at radius 3 is 1.93 bits per heavy atom. The van der Waals surface area contributed by atoms with Crippen LogP contribution in [-0.2, 0) is 0 Å². The fourth-order valence-electron chi connectivity index (χ4n) is 4.68. The first-order valence-corrected chi connectivity index (χ1v) is 9.52. The first kappa shape index (κ1) is 15.3. The van der Waals surface area contributed by atoms with E-state index < -0.39 is 0 Å². The van der Waals surface area contributed by atoms with E-state index in [0.717, 1.165) is 27.8 Å². The molecule has 0 unspecified atom stereocenters. The summed E-state index contributed by atoms with van der Waals surface area (Å²) in [7, 11) is 0. The third kappa shape index (κ3) is 1.88. The van der Waals surface area contributed by atoms with Gasteiger partial charge in [0.15, 0.2) is 0 Å². The van der Waals surface area contributed by atoms with E-state index in [1.165, 1.54) is 38.2 Å². The third-order valence-corrected chi connectivity index (χ3v) is 5.89. The highest BCUT2D eigenvalue weighted by molar-refractivity contribution is 6.29. The molecule has 3 heteroatoms. The summed E-state index contributed by atoms with van der Waals surface area (Å²) in [6.45, 7) is 2.20. The Morgan fingerprint density at radius 2 is 1.21 bits per heavy atom. The van der Waals surface area contributed by atoms with Crippen LogP contribution >= 0.6 is 0 Å². The molecule has 0 bridgehead atoms. The topological polar surface area (TPSA) is 57.6 Å². The van der Waals surface area contributed by atoms with Gasteiger partial charge < -0.3 is 15.7 Å². The van der Waals surface area contributed by atoms with Gasteiger partial charge in [-0.15, -0.1) is 0 Å². The Bertz CT molecular complexity index is 1530. The Labute approximate surface area is 161 Å². The van der Waals surface area contributed by atoms with Crippen molar-refractivity contribution in [2.75, 3.05) is 5.73 Å².